The lowest BCUT2D eigenvalue weighted by atomic mass is 10.1. The van der Waals surface area contributed by atoms with Gasteiger partial charge in [-0.15, -0.1) is 0 Å². The van der Waals surface area contributed by atoms with Crippen LogP contribution < -0.4 is 19.5 Å². The lowest BCUT2D eigenvalue weighted by Gasteiger charge is -2.16. The fraction of sp³-hybridized carbons (Fsp3) is 0.381. The van der Waals surface area contributed by atoms with Gasteiger partial charge in [-0.05, 0) is 37.1 Å². The molecule has 9 heteroatoms. The molecule has 0 saturated carbocycles. The van der Waals surface area contributed by atoms with Crippen molar-refractivity contribution in [3.05, 3.63) is 47.5 Å². The Morgan fingerprint density at radius 1 is 0.967 bits per heavy atom. The fourth-order valence-electron chi connectivity index (χ4n) is 3.38. The number of ether oxygens (including phenoxy) is 3. The summed E-state index contributed by atoms with van der Waals surface area (Å²) >= 11 is 0. The summed E-state index contributed by atoms with van der Waals surface area (Å²) in [5, 5.41) is 2.80. The second-order valence-corrected chi connectivity index (χ2v) is 8.78. The van der Waals surface area contributed by atoms with Crippen LogP contribution in [-0.4, -0.2) is 53.0 Å². The third-order valence-electron chi connectivity index (χ3n) is 5.03. The quantitative estimate of drug-likeness (QED) is 0.686. The number of rotatable bonds is 8. The molecule has 1 fully saturated rings. The Hall–Kier alpha value is -2.78. The lowest BCUT2D eigenvalue weighted by molar-refractivity contribution is 0.0950. The van der Waals surface area contributed by atoms with E-state index in [2.05, 4.69) is 5.32 Å². The van der Waals surface area contributed by atoms with Crippen LogP contribution in [0.4, 0.5) is 0 Å². The van der Waals surface area contributed by atoms with Gasteiger partial charge >= 0.3 is 0 Å². The molecule has 0 unspecified atom stereocenters. The Bertz CT molecular complexity index is 1020. The molecule has 0 atom stereocenters. The van der Waals surface area contributed by atoms with Gasteiger partial charge in [-0.25, -0.2) is 8.42 Å². The molecule has 2 aromatic carbocycles. The first kappa shape index (κ1) is 21.9. The molecule has 1 heterocycles. The minimum atomic E-state index is -3.59. The summed E-state index contributed by atoms with van der Waals surface area (Å²) in [6.07, 6.45) is 1.71. The van der Waals surface area contributed by atoms with E-state index in [0.29, 0.717) is 35.9 Å². The Kier molecular flexibility index (Phi) is 6.84. The van der Waals surface area contributed by atoms with Crippen LogP contribution in [0, 0.1) is 0 Å². The number of hydrogen-bond donors (Lipinski definition) is 1. The van der Waals surface area contributed by atoms with Crippen LogP contribution in [-0.2, 0) is 16.6 Å². The van der Waals surface area contributed by atoms with Gasteiger partial charge < -0.3 is 19.5 Å². The number of sulfonamides is 1. The maximum absolute atomic E-state index is 12.8. The van der Waals surface area contributed by atoms with Gasteiger partial charge in [0.05, 0.1) is 26.2 Å². The summed E-state index contributed by atoms with van der Waals surface area (Å²) in [5.41, 5.74) is 0.971. The van der Waals surface area contributed by atoms with E-state index in [1.807, 2.05) is 0 Å². The van der Waals surface area contributed by atoms with Gasteiger partial charge in [0, 0.05) is 36.8 Å². The lowest BCUT2D eigenvalue weighted by Crippen LogP contribution is -2.28. The maximum atomic E-state index is 12.8. The number of methoxy groups -OCH3 is 3. The number of nitrogens with zero attached hydrogens (tertiary/aromatic N) is 1. The van der Waals surface area contributed by atoms with Crippen molar-refractivity contribution in [3.63, 3.8) is 0 Å². The average Bonchev–Trinajstić information content (AvgIpc) is 3.32. The third-order valence-corrected chi connectivity index (χ3v) is 6.92. The number of nitrogens with one attached hydrogen (secondary N) is 1. The molecular weight excluding hydrogens is 408 g/mol. The molecule has 2 aromatic rings. The number of benzene rings is 2. The Morgan fingerprint density at radius 2 is 1.60 bits per heavy atom. The summed E-state index contributed by atoms with van der Waals surface area (Å²) in [6, 6.07) is 9.51. The minimum absolute atomic E-state index is 0.126. The van der Waals surface area contributed by atoms with Crippen LogP contribution in [0.3, 0.4) is 0 Å². The van der Waals surface area contributed by atoms with Crippen molar-refractivity contribution < 1.29 is 27.4 Å². The van der Waals surface area contributed by atoms with Crippen LogP contribution in [0.25, 0.3) is 0 Å². The van der Waals surface area contributed by atoms with Crippen molar-refractivity contribution >= 4 is 15.9 Å². The zero-order valence-electron chi connectivity index (χ0n) is 17.3. The van der Waals surface area contributed by atoms with E-state index < -0.39 is 10.0 Å². The molecule has 8 nitrogen and oxygen atoms in total. The molecule has 0 aliphatic carbocycles. The Morgan fingerprint density at radius 3 is 2.23 bits per heavy atom. The third kappa shape index (κ3) is 4.52. The molecule has 30 heavy (non-hydrogen) atoms. The van der Waals surface area contributed by atoms with Crippen molar-refractivity contribution in [3.8, 4) is 17.2 Å². The highest BCUT2D eigenvalue weighted by Gasteiger charge is 2.27. The van der Waals surface area contributed by atoms with E-state index in [4.69, 9.17) is 14.2 Å². The first-order chi connectivity index (χ1) is 14.4. The van der Waals surface area contributed by atoms with Crippen LogP contribution in [0.15, 0.2) is 41.3 Å². The monoisotopic (exact) mass is 434 g/mol. The molecule has 3 rings (SSSR count). The highest BCUT2D eigenvalue weighted by Crippen LogP contribution is 2.34. The van der Waals surface area contributed by atoms with E-state index in [0.717, 1.165) is 12.8 Å². The van der Waals surface area contributed by atoms with Crippen molar-refractivity contribution in [1.29, 1.82) is 0 Å². The van der Waals surface area contributed by atoms with E-state index in [1.54, 1.807) is 24.3 Å². The van der Waals surface area contributed by atoms with Crippen molar-refractivity contribution in [2.24, 2.45) is 0 Å². The molecule has 0 aromatic heterocycles. The number of amides is 1. The predicted octanol–water partition coefficient (Wildman–Crippen LogP) is 2.43. The number of hydrogen-bond acceptors (Lipinski definition) is 6. The second-order valence-electron chi connectivity index (χ2n) is 6.84. The van der Waals surface area contributed by atoms with Crippen molar-refractivity contribution in [1.82, 2.24) is 9.62 Å². The zero-order chi connectivity index (χ0) is 21.7. The van der Waals surface area contributed by atoms with E-state index in [1.165, 1.54) is 37.8 Å². The average molecular weight is 435 g/mol. The van der Waals surface area contributed by atoms with Gasteiger partial charge in [0.2, 0.25) is 10.0 Å². The molecule has 1 aliphatic heterocycles. The molecule has 0 spiro atoms. The Balaban J connectivity index is 1.77. The van der Waals surface area contributed by atoms with Crippen LogP contribution in [0.5, 0.6) is 17.2 Å². The molecule has 0 radical (unpaired) electrons. The molecule has 1 N–H and O–H groups in total. The highest BCUT2D eigenvalue weighted by molar-refractivity contribution is 7.89. The van der Waals surface area contributed by atoms with E-state index >= 15 is 0 Å². The summed E-state index contributed by atoms with van der Waals surface area (Å²) in [7, 11) is 0.997. The van der Waals surface area contributed by atoms with Gasteiger partial charge in [0.25, 0.3) is 5.91 Å². The normalized spacial score (nSPS) is 14.4. The van der Waals surface area contributed by atoms with Crippen LogP contribution in [0.2, 0.25) is 0 Å². The molecule has 1 amide bonds. The SMILES string of the molecule is COc1cc(OC)c(OC)cc1CNC(=O)c1cccc(S(=O)(=O)N2CCCC2)c1. The predicted molar refractivity (Wildman–Crippen MR) is 112 cm³/mol. The smallest absolute Gasteiger partial charge is 0.251 e. The topological polar surface area (TPSA) is 94.2 Å². The summed E-state index contributed by atoms with van der Waals surface area (Å²) in [5.74, 6) is 1.19. The van der Waals surface area contributed by atoms with Gasteiger partial charge in [-0.1, -0.05) is 6.07 Å². The summed E-state index contributed by atoms with van der Waals surface area (Å²) in [4.78, 5) is 12.8. The Labute approximate surface area is 176 Å². The molecular formula is C21H26N2O6S. The standard InChI is InChI=1S/C21H26N2O6S/c1-27-18-13-20(29-3)19(28-2)12-16(18)14-22-21(24)15-7-6-8-17(11-15)30(25,26)23-9-4-5-10-23/h6-8,11-13H,4-5,9-10,14H2,1-3H3,(H,22,24). The van der Waals surface area contributed by atoms with Crippen molar-refractivity contribution in [2.45, 2.75) is 24.3 Å². The first-order valence-electron chi connectivity index (χ1n) is 9.58. The summed E-state index contributed by atoms with van der Waals surface area (Å²) < 4.78 is 42.9. The van der Waals surface area contributed by atoms with Gasteiger partial charge in [-0.3, -0.25) is 4.79 Å². The fourth-order valence-corrected chi connectivity index (χ4v) is 4.95. The number of carbonyl (C=O) groups excluding carboxylic acids is 1. The van der Waals surface area contributed by atoms with Crippen molar-refractivity contribution in [2.75, 3.05) is 34.4 Å². The molecule has 0 bridgehead atoms. The van der Waals surface area contributed by atoms with E-state index in [9.17, 15) is 13.2 Å². The first-order valence-corrected chi connectivity index (χ1v) is 11.0. The summed E-state index contributed by atoms with van der Waals surface area (Å²) in [6.45, 7) is 1.20. The van der Waals surface area contributed by atoms with Gasteiger partial charge in [0.15, 0.2) is 11.5 Å². The zero-order valence-corrected chi connectivity index (χ0v) is 18.1. The minimum Gasteiger partial charge on any atom is -0.496 e. The molecule has 162 valence electrons. The van der Waals surface area contributed by atoms with E-state index in [-0.39, 0.29) is 22.9 Å². The van der Waals surface area contributed by atoms with Gasteiger partial charge in [0.1, 0.15) is 5.75 Å². The molecule has 1 saturated heterocycles. The molecule has 1 aliphatic rings. The largest absolute Gasteiger partial charge is 0.496 e. The van der Waals surface area contributed by atoms with Gasteiger partial charge in [-0.2, -0.15) is 4.31 Å². The maximum Gasteiger partial charge on any atom is 0.251 e. The van der Waals surface area contributed by atoms with Crippen LogP contribution in [0.1, 0.15) is 28.8 Å². The highest BCUT2D eigenvalue weighted by atomic mass is 32.2. The number of carbonyl (C=O) groups is 1. The second kappa shape index (κ2) is 9.36. The van der Waals surface area contributed by atoms with Crippen LogP contribution >= 0.6 is 0 Å².